The Morgan fingerprint density at radius 3 is 2.45 bits per heavy atom. The van der Waals surface area contributed by atoms with Gasteiger partial charge in [-0.1, -0.05) is 18.2 Å². The highest BCUT2D eigenvalue weighted by Gasteiger charge is 2.08. The number of ether oxygens (including phenoxy) is 1. The molecule has 0 bridgehead atoms. The number of aliphatic imine (C=N–C) groups is 1. The van der Waals surface area contributed by atoms with E-state index in [0.29, 0.717) is 29.7 Å². The second kappa shape index (κ2) is 12.0. The molecular formula is C20H27FIN3O3S. The summed E-state index contributed by atoms with van der Waals surface area (Å²) in [6, 6.07) is 12.9. The molecule has 2 rings (SSSR count). The van der Waals surface area contributed by atoms with Crippen molar-refractivity contribution in [1.29, 1.82) is 0 Å². The number of hydrogen-bond acceptors (Lipinski definition) is 4. The highest BCUT2D eigenvalue weighted by Crippen LogP contribution is 2.13. The van der Waals surface area contributed by atoms with E-state index in [9.17, 15) is 12.8 Å². The normalized spacial score (nSPS) is 12.6. The molecule has 2 aromatic rings. The zero-order valence-corrected chi connectivity index (χ0v) is 19.8. The van der Waals surface area contributed by atoms with Crippen LogP contribution in [0.3, 0.4) is 0 Å². The number of rotatable bonds is 8. The molecule has 160 valence electrons. The van der Waals surface area contributed by atoms with Gasteiger partial charge in [-0.2, -0.15) is 0 Å². The summed E-state index contributed by atoms with van der Waals surface area (Å²) < 4.78 is 41.8. The second-order valence-electron chi connectivity index (χ2n) is 6.43. The Bertz CT molecular complexity index is 905. The number of guanidine groups is 1. The van der Waals surface area contributed by atoms with Crippen LogP contribution in [0.25, 0.3) is 0 Å². The van der Waals surface area contributed by atoms with Crippen molar-refractivity contribution in [1.82, 2.24) is 10.6 Å². The number of nitrogens with one attached hydrogen (secondary N) is 2. The van der Waals surface area contributed by atoms with Crippen molar-refractivity contribution in [2.24, 2.45) is 4.99 Å². The molecule has 29 heavy (non-hydrogen) atoms. The molecule has 0 aliphatic heterocycles. The summed E-state index contributed by atoms with van der Waals surface area (Å²) in [7, 11) is -1.50. The van der Waals surface area contributed by atoms with Gasteiger partial charge < -0.3 is 15.4 Å². The lowest BCUT2D eigenvalue weighted by Gasteiger charge is -2.18. The van der Waals surface area contributed by atoms with E-state index in [1.807, 2.05) is 19.1 Å². The predicted octanol–water partition coefficient (Wildman–Crippen LogP) is 3.02. The van der Waals surface area contributed by atoms with E-state index in [1.165, 1.54) is 18.4 Å². The van der Waals surface area contributed by atoms with Crippen LogP contribution in [0.4, 0.5) is 4.39 Å². The molecule has 1 atom stereocenters. The summed E-state index contributed by atoms with van der Waals surface area (Å²) in [6.45, 7) is 3.02. The van der Waals surface area contributed by atoms with E-state index in [0.717, 1.165) is 12.0 Å². The average Bonchev–Trinajstić information content (AvgIpc) is 2.64. The summed E-state index contributed by atoms with van der Waals surface area (Å²) >= 11 is 0. The van der Waals surface area contributed by atoms with Crippen LogP contribution in [0.2, 0.25) is 0 Å². The first-order valence-corrected chi connectivity index (χ1v) is 10.8. The molecule has 0 radical (unpaired) electrons. The highest BCUT2D eigenvalue weighted by atomic mass is 127. The van der Waals surface area contributed by atoms with Crippen molar-refractivity contribution >= 4 is 39.8 Å². The smallest absolute Gasteiger partial charge is 0.191 e. The molecular weight excluding hydrogens is 508 g/mol. The number of benzene rings is 2. The Hall–Kier alpha value is -1.88. The lowest BCUT2D eigenvalue weighted by atomic mass is 10.1. The number of halogens is 2. The molecule has 1 unspecified atom stereocenters. The Balaban J connectivity index is 0.00000420. The third kappa shape index (κ3) is 8.99. The molecule has 0 spiro atoms. The van der Waals surface area contributed by atoms with Crippen LogP contribution in [0.5, 0.6) is 5.75 Å². The summed E-state index contributed by atoms with van der Waals surface area (Å²) in [5.41, 5.74) is 1.03. The Labute approximate surface area is 188 Å². The first-order chi connectivity index (χ1) is 13.3. The summed E-state index contributed by atoms with van der Waals surface area (Å²) in [5.74, 6) is 0.775. The quantitative estimate of drug-likeness (QED) is 0.309. The highest BCUT2D eigenvalue weighted by molar-refractivity contribution is 14.0. The first kappa shape index (κ1) is 25.2. The lowest BCUT2D eigenvalue weighted by Crippen LogP contribution is -2.42. The molecule has 0 aromatic heterocycles. The molecule has 9 heteroatoms. The molecule has 2 aromatic carbocycles. The molecule has 0 aliphatic carbocycles. The van der Waals surface area contributed by atoms with Crippen molar-refractivity contribution < 1.29 is 17.5 Å². The number of sulfone groups is 1. The lowest BCUT2D eigenvalue weighted by molar-refractivity contribution is 0.223. The van der Waals surface area contributed by atoms with Gasteiger partial charge in [0, 0.05) is 25.9 Å². The number of hydrogen-bond donors (Lipinski definition) is 2. The summed E-state index contributed by atoms with van der Waals surface area (Å²) in [5, 5.41) is 6.36. The minimum atomic E-state index is -3.18. The van der Waals surface area contributed by atoms with Gasteiger partial charge in [-0.3, -0.25) is 4.99 Å². The van der Waals surface area contributed by atoms with Crippen molar-refractivity contribution in [3.8, 4) is 5.75 Å². The van der Waals surface area contributed by atoms with Crippen molar-refractivity contribution in [2.75, 3.05) is 26.4 Å². The Morgan fingerprint density at radius 1 is 1.17 bits per heavy atom. The van der Waals surface area contributed by atoms with Crippen LogP contribution in [-0.2, 0) is 16.3 Å². The van der Waals surface area contributed by atoms with Crippen LogP contribution < -0.4 is 15.4 Å². The van der Waals surface area contributed by atoms with Gasteiger partial charge in [0.2, 0.25) is 0 Å². The van der Waals surface area contributed by atoms with Crippen molar-refractivity contribution in [2.45, 2.75) is 24.3 Å². The fourth-order valence-corrected chi connectivity index (χ4v) is 3.13. The van der Waals surface area contributed by atoms with Gasteiger partial charge in [-0.25, -0.2) is 12.8 Å². The van der Waals surface area contributed by atoms with Gasteiger partial charge in [0.1, 0.15) is 17.7 Å². The van der Waals surface area contributed by atoms with Gasteiger partial charge in [0.25, 0.3) is 0 Å². The van der Waals surface area contributed by atoms with Crippen LogP contribution in [0.1, 0.15) is 12.5 Å². The molecule has 0 fully saturated rings. The monoisotopic (exact) mass is 535 g/mol. The standard InChI is InChI=1S/C20H26FN3O3S.HI/c1-15(27-18-6-4-5-17(21)13-18)14-24-20(22-2)23-12-11-16-7-9-19(10-8-16)28(3,25)26;/h4-10,13,15H,11-12,14H2,1-3H3,(H2,22,23,24);1H. The topological polar surface area (TPSA) is 79.8 Å². The van der Waals surface area contributed by atoms with Gasteiger partial charge in [-0.15, -0.1) is 24.0 Å². The SMILES string of the molecule is CN=C(NCCc1ccc(S(C)(=O)=O)cc1)NCC(C)Oc1cccc(F)c1.I. The molecule has 0 amide bonds. The minimum absolute atomic E-state index is 0. The van der Waals surface area contributed by atoms with E-state index in [1.54, 1.807) is 31.3 Å². The zero-order chi connectivity index (χ0) is 20.6. The third-order valence-electron chi connectivity index (χ3n) is 3.97. The van der Waals surface area contributed by atoms with Gasteiger partial charge in [0.15, 0.2) is 15.8 Å². The maximum Gasteiger partial charge on any atom is 0.191 e. The molecule has 0 saturated heterocycles. The fourth-order valence-electron chi connectivity index (χ4n) is 2.50. The van der Waals surface area contributed by atoms with Crippen molar-refractivity contribution in [3.05, 3.63) is 59.9 Å². The van der Waals surface area contributed by atoms with E-state index in [-0.39, 0.29) is 35.9 Å². The van der Waals surface area contributed by atoms with E-state index in [2.05, 4.69) is 15.6 Å². The second-order valence-corrected chi connectivity index (χ2v) is 8.45. The maximum absolute atomic E-state index is 13.2. The van der Waals surface area contributed by atoms with Crippen LogP contribution in [0, 0.1) is 5.82 Å². The van der Waals surface area contributed by atoms with Crippen LogP contribution >= 0.6 is 24.0 Å². The molecule has 0 aliphatic rings. The molecule has 0 heterocycles. The van der Waals surface area contributed by atoms with E-state index >= 15 is 0 Å². The fraction of sp³-hybridized carbons (Fsp3) is 0.350. The summed E-state index contributed by atoms with van der Waals surface area (Å²) in [6.07, 6.45) is 1.74. The molecule has 6 nitrogen and oxygen atoms in total. The first-order valence-electron chi connectivity index (χ1n) is 8.93. The van der Waals surface area contributed by atoms with Gasteiger partial charge >= 0.3 is 0 Å². The van der Waals surface area contributed by atoms with Crippen LogP contribution in [-0.4, -0.2) is 46.9 Å². The maximum atomic E-state index is 13.2. The Kier molecular flexibility index (Phi) is 10.4. The molecule has 0 saturated carbocycles. The van der Waals surface area contributed by atoms with E-state index in [4.69, 9.17) is 4.74 Å². The largest absolute Gasteiger partial charge is 0.489 e. The minimum Gasteiger partial charge on any atom is -0.489 e. The summed E-state index contributed by atoms with van der Waals surface area (Å²) in [4.78, 5) is 4.47. The van der Waals surface area contributed by atoms with E-state index < -0.39 is 9.84 Å². The van der Waals surface area contributed by atoms with Crippen LogP contribution in [0.15, 0.2) is 58.4 Å². The Morgan fingerprint density at radius 2 is 1.86 bits per heavy atom. The average molecular weight is 535 g/mol. The molecule has 2 N–H and O–H groups in total. The van der Waals surface area contributed by atoms with Gasteiger partial charge in [-0.05, 0) is 43.2 Å². The van der Waals surface area contributed by atoms with Gasteiger partial charge in [0.05, 0.1) is 11.4 Å². The third-order valence-corrected chi connectivity index (χ3v) is 5.10. The predicted molar refractivity (Wildman–Crippen MR) is 125 cm³/mol. The number of nitrogens with zero attached hydrogens (tertiary/aromatic N) is 1. The van der Waals surface area contributed by atoms with Crippen molar-refractivity contribution in [3.63, 3.8) is 0 Å². The zero-order valence-electron chi connectivity index (χ0n) is 16.7.